The zero-order valence-electron chi connectivity index (χ0n) is 17.7. The molecule has 8 heteroatoms. The highest BCUT2D eigenvalue weighted by Gasteiger charge is 2.41. The summed E-state index contributed by atoms with van der Waals surface area (Å²) in [7, 11) is 1.68. The van der Waals surface area contributed by atoms with Crippen LogP contribution in [0.15, 0.2) is 53.5 Å². The molecule has 3 aromatic rings. The molecule has 166 valence electrons. The van der Waals surface area contributed by atoms with Crippen LogP contribution < -0.4 is 15.6 Å². The normalized spacial score (nSPS) is 24.8. The number of phenols is 1. The SMILES string of the molecule is Cn1ccc(-c2ccc(-c3ccc(O[C@@H]4CC5CCCC(N5)[C@@H]4F)nn3)c(O)c2)cc1=O. The summed E-state index contributed by atoms with van der Waals surface area (Å²) in [6.07, 6.45) is 3.62. The summed E-state index contributed by atoms with van der Waals surface area (Å²) in [5.74, 6) is 0.304. The molecule has 0 radical (unpaired) electrons. The van der Waals surface area contributed by atoms with Crippen molar-refractivity contribution in [2.75, 3.05) is 0 Å². The maximum atomic E-state index is 14.7. The number of pyridine rings is 1. The number of ether oxygens (including phenoxy) is 1. The summed E-state index contributed by atoms with van der Waals surface area (Å²) in [6, 6.07) is 12.0. The van der Waals surface area contributed by atoms with E-state index in [-0.39, 0.29) is 23.2 Å². The summed E-state index contributed by atoms with van der Waals surface area (Å²) in [5, 5.41) is 22.2. The van der Waals surface area contributed by atoms with Crippen molar-refractivity contribution in [3.63, 3.8) is 0 Å². The van der Waals surface area contributed by atoms with Crippen LogP contribution in [0.3, 0.4) is 0 Å². The van der Waals surface area contributed by atoms with E-state index < -0.39 is 12.3 Å². The molecular formula is C24H25FN4O3. The minimum atomic E-state index is -1.07. The Bertz CT molecular complexity index is 1180. The molecule has 0 spiro atoms. The largest absolute Gasteiger partial charge is 0.507 e. The zero-order chi connectivity index (χ0) is 22.2. The van der Waals surface area contributed by atoms with Gasteiger partial charge in [0.2, 0.25) is 5.88 Å². The molecule has 32 heavy (non-hydrogen) atoms. The Labute approximate surface area is 184 Å². The predicted molar refractivity (Wildman–Crippen MR) is 118 cm³/mol. The van der Waals surface area contributed by atoms with Gasteiger partial charge in [0.1, 0.15) is 11.9 Å². The van der Waals surface area contributed by atoms with Gasteiger partial charge in [0, 0.05) is 49.4 Å². The zero-order valence-corrected chi connectivity index (χ0v) is 17.7. The van der Waals surface area contributed by atoms with E-state index >= 15 is 0 Å². The van der Waals surface area contributed by atoms with Gasteiger partial charge >= 0.3 is 0 Å². The molecule has 4 atom stereocenters. The van der Waals surface area contributed by atoms with Crippen molar-refractivity contribution >= 4 is 0 Å². The van der Waals surface area contributed by atoms with Crippen LogP contribution in [-0.2, 0) is 7.05 Å². The van der Waals surface area contributed by atoms with Crippen molar-refractivity contribution in [1.82, 2.24) is 20.1 Å². The van der Waals surface area contributed by atoms with E-state index in [1.54, 1.807) is 37.5 Å². The first-order valence-electron chi connectivity index (χ1n) is 10.9. The second-order valence-electron chi connectivity index (χ2n) is 8.59. The number of fused-ring (bicyclic) bond motifs is 2. The van der Waals surface area contributed by atoms with Gasteiger partial charge in [-0.3, -0.25) is 4.79 Å². The molecule has 2 aliphatic heterocycles. The van der Waals surface area contributed by atoms with E-state index in [1.807, 2.05) is 12.1 Å². The Morgan fingerprint density at radius 3 is 2.72 bits per heavy atom. The van der Waals surface area contributed by atoms with Gasteiger partial charge in [0.05, 0.1) is 5.69 Å². The third-order valence-electron chi connectivity index (χ3n) is 6.40. The van der Waals surface area contributed by atoms with Gasteiger partial charge < -0.3 is 19.7 Å². The topological polar surface area (TPSA) is 89.3 Å². The summed E-state index contributed by atoms with van der Waals surface area (Å²) < 4.78 is 22.1. The number of aryl methyl sites for hydroxylation is 1. The van der Waals surface area contributed by atoms with E-state index in [4.69, 9.17) is 4.74 Å². The van der Waals surface area contributed by atoms with Gasteiger partial charge in [-0.2, -0.15) is 0 Å². The van der Waals surface area contributed by atoms with E-state index in [2.05, 4.69) is 15.5 Å². The molecule has 7 nitrogen and oxygen atoms in total. The first kappa shape index (κ1) is 20.6. The van der Waals surface area contributed by atoms with Crippen molar-refractivity contribution in [2.45, 2.75) is 50.0 Å². The number of alkyl halides is 1. The molecule has 2 bridgehead atoms. The third kappa shape index (κ3) is 3.98. The number of piperidine rings is 2. The second kappa shape index (κ2) is 8.35. The second-order valence-corrected chi connectivity index (χ2v) is 8.59. The molecule has 2 fully saturated rings. The number of hydrogen-bond donors (Lipinski definition) is 2. The van der Waals surface area contributed by atoms with Gasteiger partial charge in [-0.15, -0.1) is 10.2 Å². The lowest BCUT2D eigenvalue weighted by Gasteiger charge is -2.42. The predicted octanol–water partition coefficient (Wildman–Crippen LogP) is 3.21. The maximum absolute atomic E-state index is 14.7. The molecular weight excluding hydrogens is 411 g/mol. The van der Waals surface area contributed by atoms with Crippen LogP contribution in [0.25, 0.3) is 22.4 Å². The molecule has 0 aliphatic carbocycles. The van der Waals surface area contributed by atoms with Crippen molar-refractivity contribution in [3.8, 4) is 34.0 Å². The molecule has 2 aliphatic rings. The number of benzene rings is 1. The van der Waals surface area contributed by atoms with Crippen molar-refractivity contribution in [1.29, 1.82) is 0 Å². The molecule has 0 amide bonds. The number of aromatic nitrogens is 3. The van der Waals surface area contributed by atoms with Crippen LogP contribution in [0.5, 0.6) is 11.6 Å². The molecule has 5 rings (SSSR count). The molecule has 2 saturated heterocycles. The summed E-state index contributed by atoms with van der Waals surface area (Å²) >= 11 is 0. The number of halogens is 1. The maximum Gasteiger partial charge on any atom is 0.250 e. The molecule has 2 unspecified atom stereocenters. The quantitative estimate of drug-likeness (QED) is 0.653. The number of rotatable bonds is 4. The molecule has 4 heterocycles. The van der Waals surface area contributed by atoms with Crippen LogP contribution >= 0.6 is 0 Å². The average Bonchev–Trinajstić information content (AvgIpc) is 2.80. The highest BCUT2D eigenvalue weighted by molar-refractivity contribution is 5.74. The number of nitrogens with zero attached hydrogens (tertiary/aromatic N) is 3. The van der Waals surface area contributed by atoms with Gasteiger partial charge in [0.25, 0.3) is 5.56 Å². The molecule has 2 N–H and O–H groups in total. The fourth-order valence-corrected chi connectivity index (χ4v) is 4.61. The molecule has 2 aromatic heterocycles. The summed E-state index contributed by atoms with van der Waals surface area (Å²) in [5.41, 5.74) is 2.31. The first-order chi connectivity index (χ1) is 15.5. The molecule has 1 aromatic carbocycles. The lowest BCUT2D eigenvalue weighted by Crippen LogP contribution is -2.59. The van der Waals surface area contributed by atoms with E-state index in [0.29, 0.717) is 23.7 Å². The Hall–Kier alpha value is -3.26. The summed E-state index contributed by atoms with van der Waals surface area (Å²) in [6.45, 7) is 0. The third-order valence-corrected chi connectivity index (χ3v) is 6.40. The van der Waals surface area contributed by atoms with Gasteiger partial charge in [-0.1, -0.05) is 12.5 Å². The lowest BCUT2D eigenvalue weighted by atomic mass is 9.84. The van der Waals surface area contributed by atoms with E-state index in [0.717, 1.165) is 30.4 Å². The standard InChI is InChI=1S/C24H25FN4O3/c1-29-10-9-15(12-23(29)31)14-5-6-17(20(30)11-14)18-7-8-22(28-27-18)32-21-13-16-3-2-4-19(26-16)24(21)25/h5-12,16,19,21,24,26,30H,2-4,13H2,1H3/t16?,19?,21-,24+/m1/s1. The number of aromatic hydroxyl groups is 1. The van der Waals surface area contributed by atoms with Crippen LogP contribution in [0.2, 0.25) is 0 Å². The Morgan fingerprint density at radius 1 is 1.12 bits per heavy atom. The smallest absolute Gasteiger partial charge is 0.250 e. The monoisotopic (exact) mass is 436 g/mol. The van der Waals surface area contributed by atoms with Gasteiger partial charge in [-0.25, -0.2) is 4.39 Å². The molecule has 0 saturated carbocycles. The highest BCUT2D eigenvalue weighted by Crippen LogP contribution is 2.33. The van der Waals surface area contributed by atoms with Crippen LogP contribution in [0.1, 0.15) is 25.7 Å². The Kier molecular flexibility index (Phi) is 5.38. The number of hydrogen-bond acceptors (Lipinski definition) is 6. The Balaban J connectivity index is 1.32. The number of nitrogens with one attached hydrogen (secondary N) is 1. The lowest BCUT2D eigenvalue weighted by molar-refractivity contribution is 0.00652. The number of phenolic OH excluding ortho intramolecular Hbond substituents is 1. The Morgan fingerprint density at radius 2 is 1.97 bits per heavy atom. The minimum Gasteiger partial charge on any atom is -0.507 e. The first-order valence-corrected chi connectivity index (χ1v) is 10.9. The van der Waals surface area contributed by atoms with Gasteiger partial charge in [0.15, 0.2) is 6.17 Å². The van der Waals surface area contributed by atoms with Gasteiger partial charge in [-0.05, 0) is 48.2 Å². The van der Waals surface area contributed by atoms with Crippen molar-refractivity contribution in [2.24, 2.45) is 7.05 Å². The fourth-order valence-electron chi connectivity index (χ4n) is 4.61. The highest BCUT2D eigenvalue weighted by atomic mass is 19.1. The van der Waals surface area contributed by atoms with Crippen LogP contribution in [0, 0.1) is 0 Å². The van der Waals surface area contributed by atoms with Crippen LogP contribution in [-0.4, -0.2) is 44.2 Å². The van der Waals surface area contributed by atoms with Crippen molar-refractivity contribution in [3.05, 3.63) is 59.0 Å². The summed E-state index contributed by atoms with van der Waals surface area (Å²) in [4.78, 5) is 11.9. The van der Waals surface area contributed by atoms with E-state index in [9.17, 15) is 14.3 Å². The average molecular weight is 436 g/mol. The van der Waals surface area contributed by atoms with Crippen molar-refractivity contribution < 1.29 is 14.2 Å². The fraction of sp³-hybridized carbons (Fsp3) is 0.375. The van der Waals surface area contributed by atoms with Crippen LogP contribution in [0.4, 0.5) is 4.39 Å². The minimum absolute atomic E-state index is 0.0288. The van der Waals surface area contributed by atoms with E-state index in [1.165, 1.54) is 10.6 Å².